The van der Waals surface area contributed by atoms with Crippen molar-refractivity contribution in [1.29, 1.82) is 0 Å². The number of aliphatic hydroxyl groups excluding tert-OH is 3. The highest BCUT2D eigenvalue weighted by molar-refractivity contribution is 5.88. The van der Waals surface area contributed by atoms with Crippen LogP contribution >= 0.6 is 0 Å². The lowest BCUT2D eigenvalue weighted by atomic mass is 9.75. The Morgan fingerprint density at radius 2 is 1.54 bits per heavy atom. The second kappa shape index (κ2) is 18.0. The fourth-order valence-electron chi connectivity index (χ4n) is 8.11. The van der Waals surface area contributed by atoms with Crippen LogP contribution in [0.2, 0.25) is 0 Å². The van der Waals surface area contributed by atoms with Crippen LogP contribution in [0.4, 0.5) is 0 Å². The Morgan fingerprint density at radius 1 is 0.904 bits per heavy atom. The third-order valence-electron chi connectivity index (χ3n) is 11.7. The van der Waals surface area contributed by atoms with Crippen molar-refractivity contribution in [2.24, 2.45) is 22.9 Å². The number of oxime groups is 1. The van der Waals surface area contributed by atoms with Crippen LogP contribution < -0.4 is 0 Å². The number of esters is 1. The number of rotatable bonds is 8. The molecule has 3 rings (SSSR count). The van der Waals surface area contributed by atoms with E-state index in [1.807, 2.05) is 32.8 Å². The Labute approximate surface area is 309 Å². The van der Waals surface area contributed by atoms with Crippen molar-refractivity contribution in [3.63, 3.8) is 0 Å². The zero-order chi connectivity index (χ0) is 39.5. The molecule has 0 spiro atoms. The first-order chi connectivity index (χ1) is 24.0. The molecule has 0 radical (unpaired) electrons. The van der Waals surface area contributed by atoms with Gasteiger partial charge in [-0.15, -0.1) is 0 Å². The van der Waals surface area contributed by atoms with E-state index in [-0.39, 0.29) is 37.8 Å². The molecule has 0 aromatic heterocycles. The summed E-state index contributed by atoms with van der Waals surface area (Å²) in [6.45, 7) is 15.2. The van der Waals surface area contributed by atoms with Gasteiger partial charge in [-0.2, -0.15) is 0 Å². The molecule has 0 aromatic rings. The summed E-state index contributed by atoms with van der Waals surface area (Å²) in [5.74, 6) is -3.05. The lowest BCUT2D eigenvalue weighted by Gasteiger charge is -2.47. The number of hydrogen-bond donors (Lipinski definition) is 5. The quantitative estimate of drug-likeness (QED) is 0.178. The summed E-state index contributed by atoms with van der Waals surface area (Å²) in [4.78, 5) is 21.1. The van der Waals surface area contributed by atoms with Crippen LogP contribution in [-0.2, 0) is 38.1 Å². The van der Waals surface area contributed by atoms with E-state index in [1.54, 1.807) is 41.5 Å². The number of methoxy groups -OCH3 is 1. The molecule has 0 bridgehead atoms. The fraction of sp³-hybridized carbons (Fsp3) is 0.946. The lowest BCUT2D eigenvalue weighted by molar-refractivity contribution is -0.307. The van der Waals surface area contributed by atoms with E-state index < -0.39 is 95.8 Å². The number of hydrogen-bond acceptors (Lipinski definition) is 15. The highest BCUT2D eigenvalue weighted by Gasteiger charge is 2.51. The van der Waals surface area contributed by atoms with Crippen LogP contribution in [-0.4, -0.2) is 155 Å². The van der Waals surface area contributed by atoms with Gasteiger partial charge >= 0.3 is 5.97 Å². The standard InChI is InChI=1S/C37H68N2O13/c1-14-26-37(9,45)31(41)22(5)29(38-47-13)19(2)17-35(7,44)27(52-34-30(40)24(39(10)11)15-20(3)48-34)16-25(21(4)33(43)51-26)50-28-18-36(8,46-12)32(42)23(6)49-28/h19-28,30-32,34,40-42,44-45H,14-18H2,1-13H3/b38-29+/t19-,20-,21-,22+,23+,24+,25+,26-,27-,28+,30-,31-,32+,34+,35+,36-,37-/m1/s1. The fourth-order valence-corrected chi connectivity index (χ4v) is 8.11. The van der Waals surface area contributed by atoms with Crippen molar-refractivity contribution in [1.82, 2.24) is 4.90 Å². The first-order valence-corrected chi connectivity index (χ1v) is 18.7. The molecule has 0 saturated carbocycles. The molecule has 0 unspecified atom stereocenters. The molecule has 0 aliphatic carbocycles. The van der Waals surface area contributed by atoms with Crippen molar-refractivity contribution in [2.75, 3.05) is 28.3 Å². The SMILES string of the molecule is CC[C@H]1OC(=O)[C@H](C)[C@@H](O[C@H]2C[C@@](C)(OC)[C@@H](O)[C@H](C)O2)C[C@@H](O[C@@H]2O[C@H](C)C[C@H](N(C)C)[C@H]2O)[C@@](C)(O)C[C@@H](C)/C(=N\OC)[C@H](C)[C@@H](O)[C@]1(C)O. The van der Waals surface area contributed by atoms with Gasteiger partial charge in [-0.05, 0) is 74.9 Å². The number of likely N-dealkylation sites (N-methyl/N-ethyl adjacent to an activating group) is 1. The number of nitrogens with zero attached hydrogens (tertiary/aromatic N) is 2. The number of carbonyl (C=O) groups excluding carboxylic acids is 1. The molecule has 3 saturated heterocycles. The number of cyclic esters (lactones) is 1. The van der Waals surface area contributed by atoms with E-state index in [2.05, 4.69) is 5.16 Å². The largest absolute Gasteiger partial charge is 0.459 e. The van der Waals surface area contributed by atoms with E-state index in [1.165, 1.54) is 21.1 Å². The number of aliphatic hydroxyl groups is 5. The molecular weight excluding hydrogens is 680 g/mol. The third-order valence-corrected chi connectivity index (χ3v) is 11.7. The van der Waals surface area contributed by atoms with Crippen LogP contribution in [0.1, 0.15) is 94.4 Å². The monoisotopic (exact) mass is 748 g/mol. The van der Waals surface area contributed by atoms with Gasteiger partial charge in [0.1, 0.15) is 31.0 Å². The second-order valence-electron chi connectivity index (χ2n) is 16.3. The highest BCUT2D eigenvalue weighted by atomic mass is 16.7. The highest BCUT2D eigenvalue weighted by Crippen LogP contribution is 2.39. The van der Waals surface area contributed by atoms with Crippen LogP contribution in [0.15, 0.2) is 5.16 Å². The van der Waals surface area contributed by atoms with Gasteiger partial charge in [0.25, 0.3) is 0 Å². The Kier molecular flexibility index (Phi) is 15.5. The summed E-state index contributed by atoms with van der Waals surface area (Å²) in [6, 6.07) is -0.297. The van der Waals surface area contributed by atoms with Crippen LogP contribution in [0.5, 0.6) is 0 Å². The average molecular weight is 749 g/mol. The van der Waals surface area contributed by atoms with E-state index >= 15 is 0 Å². The minimum atomic E-state index is -1.90. The molecule has 3 aliphatic heterocycles. The van der Waals surface area contributed by atoms with Gasteiger partial charge in [-0.25, -0.2) is 0 Å². The molecule has 0 aromatic carbocycles. The molecule has 15 nitrogen and oxygen atoms in total. The number of ether oxygens (including phenoxy) is 6. The Bertz CT molecular complexity index is 1190. The molecule has 15 heteroatoms. The summed E-state index contributed by atoms with van der Waals surface area (Å²) in [6.07, 6.45) is -9.00. The van der Waals surface area contributed by atoms with E-state index in [4.69, 9.17) is 33.3 Å². The predicted octanol–water partition coefficient (Wildman–Crippen LogP) is 1.97. The molecule has 0 amide bonds. The second-order valence-corrected chi connectivity index (χ2v) is 16.3. The summed E-state index contributed by atoms with van der Waals surface area (Å²) in [5, 5.41) is 62.3. The average Bonchev–Trinajstić information content (AvgIpc) is 3.06. The zero-order valence-electron chi connectivity index (χ0n) is 33.5. The minimum Gasteiger partial charge on any atom is -0.459 e. The first-order valence-electron chi connectivity index (χ1n) is 18.7. The summed E-state index contributed by atoms with van der Waals surface area (Å²) in [7, 11) is 6.59. The van der Waals surface area contributed by atoms with Gasteiger partial charge < -0.3 is 63.7 Å². The predicted molar refractivity (Wildman–Crippen MR) is 191 cm³/mol. The van der Waals surface area contributed by atoms with Crippen LogP contribution in [0, 0.1) is 17.8 Å². The summed E-state index contributed by atoms with van der Waals surface area (Å²) >= 11 is 0. The Hall–Kier alpha value is -1.50. The van der Waals surface area contributed by atoms with Crippen molar-refractivity contribution in [3.8, 4) is 0 Å². The van der Waals surface area contributed by atoms with Gasteiger partial charge in [0.05, 0.1) is 53.4 Å². The van der Waals surface area contributed by atoms with Gasteiger partial charge in [0, 0.05) is 37.8 Å². The molecule has 17 atom stereocenters. The first kappa shape index (κ1) is 44.9. The normalized spacial score (nSPS) is 48.3. The molecule has 3 heterocycles. The van der Waals surface area contributed by atoms with E-state index in [0.717, 1.165) is 0 Å². The number of carbonyl (C=O) groups is 1. The van der Waals surface area contributed by atoms with Crippen molar-refractivity contribution in [2.45, 2.75) is 179 Å². The van der Waals surface area contributed by atoms with Crippen molar-refractivity contribution >= 4 is 11.7 Å². The lowest BCUT2D eigenvalue weighted by Crippen LogP contribution is -2.59. The van der Waals surface area contributed by atoms with Gasteiger partial charge in [-0.3, -0.25) is 4.79 Å². The molecule has 304 valence electrons. The molecule has 3 aliphatic rings. The van der Waals surface area contributed by atoms with Gasteiger partial charge in [0.15, 0.2) is 12.6 Å². The van der Waals surface area contributed by atoms with Gasteiger partial charge in [-0.1, -0.05) is 25.9 Å². The van der Waals surface area contributed by atoms with Crippen molar-refractivity contribution < 1.29 is 63.6 Å². The summed E-state index contributed by atoms with van der Waals surface area (Å²) < 4.78 is 37.1. The van der Waals surface area contributed by atoms with Crippen LogP contribution in [0.3, 0.4) is 0 Å². The maximum atomic E-state index is 14.1. The maximum absolute atomic E-state index is 14.1. The van der Waals surface area contributed by atoms with E-state index in [9.17, 15) is 30.3 Å². The Balaban J connectivity index is 2.17. The zero-order valence-corrected chi connectivity index (χ0v) is 33.5. The van der Waals surface area contributed by atoms with Crippen LogP contribution in [0.25, 0.3) is 0 Å². The molecular formula is C37H68N2O13. The van der Waals surface area contributed by atoms with Crippen molar-refractivity contribution in [3.05, 3.63) is 0 Å². The molecule has 5 N–H and O–H groups in total. The maximum Gasteiger partial charge on any atom is 0.311 e. The summed E-state index contributed by atoms with van der Waals surface area (Å²) in [5.41, 5.74) is -4.25. The minimum absolute atomic E-state index is 0.0300. The third kappa shape index (κ3) is 10.0. The van der Waals surface area contributed by atoms with Gasteiger partial charge in [0.2, 0.25) is 0 Å². The molecule has 3 fully saturated rings. The van der Waals surface area contributed by atoms with E-state index in [0.29, 0.717) is 12.1 Å². The smallest absolute Gasteiger partial charge is 0.311 e. The topological polar surface area (TPSA) is 198 Å². The molecule has 52 heavy (non-hydrogen) atoms. The Morgan fingerprint density at radius 3 is 2.10 bits per heavy atom.